The fourth-order valence-electron chi connectivity index (χ4n) is 2.57. The zero-order valence-corrected chi connectivity index (χ0v) is 14.9. The molecule has 0 aliphatic heterocycles. The summed E-state index contributed by atoms with van der Waals surface area (Å²) in [7, 11) is 2.87. The number of hydrogen-bond donors (Lipinski definition) is 2. The van der Waals surface area contributed by atoms with E-state index in [0.29, 0.717) is 22.6 Å². The molecule has 0 saturated heterocycles. The Morgan fingerprint density at radius 1 is 1.19 bits per heavy atom. The Hall–Kier alpha value is -3.29. The number of anilines is 1. The first-order valence-electron chi connectivity index (χ1n) is 7.91. The number of nitro groups is 1. The van der Waals surface area contributed by atoms with Gasteiger partial charge in [0.2, 0.25) is 0 Å². The lowest BCUT2D eigenvalue weighted by Crippen LogP contribution is -2.26. The number of nitrogen functional groups attached to an aromatic ring is 1. The van der Waals surface area contributed by atoms with Gasteiger partial charge >= 0.3 is 0 Å². The predicted molar refractivity (Wildman–Crippen MR) is 97.8 cm³/mol. The maximum Gasteiger partial charge on any atom is 0.276 e. The molecule has 0 aliphatic carbocycles. The van der Waals surface area contributed by atoms with E-state index < -0.39 is 4.92 Å². The number of methoxy groups -OCH3 is 2. The summed E-state index contributed by atoms with van der Waals surface area (Å²) in [5, 5.41) is 14.1. The SMILES string of the molecule is COc1cc(CCNC(=O)c2cc(N)ccc2C)c([N+](=O)[O-])cc1OC. The van der Waals surface area contributed by atoms with Gasteiger partial charge in [0.15, 0.2) is 11.5 Å². The van der Waals surface area contributed by atoms with Crippen LogP contribution in [-0.4, -0.2) is 31.6 Å². The van der Waals surface area contributed by atoms with Crippen LogP contribution >= 0.6 is 0 Å². The minimum atomic E-state index is -0.485. The smallest absolute Gasteiger partial charge is 0.276 e. The van der Waals surface area contributed by atoms with Gasteiger partial charge in [-0.15, -0.1) is 0 Å². The van der Waals surface area contributed by atoms with Crippen LogP contribution in [0.2, 0.25) is 0 Å². The highest BCUT2D eigenvalue weighted by molar-refractivity contribution is 5.96. The molecule has 0 heterocycles. The molecule has 26 heavy (non-hydrogen) atoms. The molecule has 2 aromatic carbocycles. The molecule has 8 nitrogen and oxygen atoms in total. The number of nitrogens with one attached hydrogen (secondary N) is 1. The van der Waals surface area contributed by atoms with Gasteiger partial charge in [0.25, 0.3) is 11.6 Å². The van der Waals surface area contributed by atoms with Crippen LogP contribution in [0, 0.1) is 17.0 Å². The van der Waals surface area contributed by atoms with Crippen molar-refractivity contribution < 1.29 is 19.2 Å². The van der Waals surface area contributed by atoms with Gasteiger partial charge in [-0.3, -0.25) is 14.9 Å². The second-order valence-corrected chi connectivity index (χ2v) is 5.67. The van der Waals surface area contributed by atoms with E-state index in [1.54, 1.807) is 24.3 Å². The quantitative estimate of drug-likeness (QED) is 0.445. The van der Waals surface area contributed by atoms with Crippen LogP contribution in [0.3, 0.4) is 0 Å². The molecular formula is C18H21N3O5. The van der Waals surface area contributed by atoms with Crippen LogP contribution < -0.4 is 20.5 Å². The summed E-state index contributed by atoms with van der Waals surface area (Å²) in [6.45, 7) is 2.04. The third-order valence-electron chi connectivity index (χ3n) is 3.97. The Morgan fingerprint density at radius 2 is 1.85 bits per heavy atom. The number of nitrogens with two attached hydrogens (primary N) is 1. The highest BCUT2D eigenvalue weighted by Gasteiger charge is 2.19. The molecule has 0 radical (unpaired) electrons. The average Bonchev–Trinajstić information content (AvgIpc) is 2.62. The first kappa shape index (κ1) is 19.0. The fourth-order valence-corrected chi connectivity index (χ4v) is 2.57. The standard InChI is InChI=1S/C18H21N3O5/c1-11-4-5-13(19)9-14(11)18(22)20-7-6-12-8-16(25-2)17(26-3)10-15(12)21(23)24/h4-5,8-10H,6-7,19H2,1-3H3,(H,20,22). The molecule has 0 unspecified atom stereocenters. The monoisotopic (exact) mass is 359 g/mol. The number of ether oxygens (including phenoxy) is 2. The van der Waals surface area contributed by atoms with Crippen molar-refractivity contribution in [1.82, 2.24) is 5.32 Å². The first-order valence-corrected chi connectivity index (χ1v) is 7.91. The van der Waals surface area contributed by atoms with Gasteiger partial charge in [0, 0.05) is 23.4 Å². The van der Waals surface area contributed by atoms with Gasteiger partial charge in [-0.2, -0.15) is 0 Å². The number of carbonyl (C=O) groups excluding carboxylic acids is 1. The molecule has 2 rings (SSSR count). The van der Waals surface area contributed by atoms with Crippen LogP contribution in [0.4, 0.5) is 11.4 Å². The van der Waals surface area contributed by atoms with Crippen LogP contribution in [0.5, 0.6) is 11.5 Å². The molecule has 8 heteroatoms. The minimum Gasteiger partial charge on any atom is -0.493 e. The zero-order valence-electron chi connectivity index (χ0n) is 14.9. The number of rotatable bonds is 7. The highest BCUT2D eigenvalue weighted by Crippen LogP contribution is 2.34. The number of hydrogen-bond acceptors (Lipinski definition) is 6. The molecule has 0 aromatic heterocycles. The molecule has 0 fully saturated rings. The topological polar surface area (TPSA) is 117 Å². The number of nitro benzene ring substituents is 1. The normalized spacial score (nSPS) is 10.3. The van der Waals surface area contributed by atoms with Gasteiger partial charge in [0.05, 0.1) is 25.2 Å². The van der Waals surface area contributed by atoms with E-state index in [1.165, 1.54) is 20.3 Å². The lowest BCUT2D eigenvalue weighted by atomic mass is 10.1. The summed E-state index contributed by atoms with van der Waals surface area (Å²) >= 11 is 0. The van der Waals surface area contributed by atoms with Crippen molar-refractivity contribution in [3.63, 3.8) is 0 Å². The largest absolute Gasteiger partial charge is 0.493 e. The average molecular weight is 359 g/mol. The summed E-state index contributed by atoms with van der Waals surface area (Å²) < 4.78 is 10.3. The van der Waals surface area contributed by atoms with Crippen molar-refractivity contribution in [2.45, 2.75) is 13.3 Å². The molecule has 0 atom stereocenters. The van der Waals surface area contributed by atoms with Crippen molar-refractivity contribution in [1.29, 1.82) is 0 Å². The number of aryl methyl sites for hydroxylation is 1. The Morgan fingerprint density at radius 3 is 2.46 bits per heavy atom. The summed E-state index contributed by atoms with van der Waals surface area (Å²) in [5.41, 5.74) is 7.85. The number of nitrogens with zero attached hydrogens (tertiary/aromatic N) is 1. The van der Waals surface area contributed by atoms with E-state index in [1.807, 2.05) is 6.92 Å². The van der Waals surface area contributed by atoms with E-state index in [2.05, 4.69) is 5.32 Å². The summed E-state index contributed by atoms with van der Waals surface area (Å²) in [6.07, 6.45) is 0.268. The van der Waals surface area contributed by atoms with Crippen molar-refractivity contribution >= 4 is 17.3 Å². The van der Waals surface area contributed by atoms with Gasteiger partial charge in [-0.1, -0.05) is 6.07 Å². The molecule has 3 N–H and O–H groups in total. The molecule has 138 valence electrons. The van der Waals surface area contributed by atoms with Crippen LogP contribution in [0.1, 0.15) is 21.5 Å². The molecule has 0 spiro atoms. The number of amides is 1. The Labute approximate surface area is 151 Å². The zero-order chi connectivity index (χ0) is 19.3. The minimum absolute atomic E-state index is 0.0861. The van der Waals surface area contributed by atoms with E-state index in [4.69, 9.17) is 15.2 Å². The fraction of sp³-hybridized carbons (Fsp3) is 0.278. The van der Waals surface area contributed by atoms with Gasteiger partial charge in [0.1, 0.15) is 0 Å². The van der Waals surface area contributed by atoms with Crippen molar-refractivity contribution in [2.24, 2.45) is 0 Å². The molecule has 2 aromatic rings. The Bertz CT molecular complexity index is 836. The lowest BCUT2D eigenvalue weighted by molar-refractivity contribution is -0.385. The van der Waals surface area contributed by atoms with E-state index >= 15 is 0 Å². The molecular weight excluding hydrogens is 338 g/mol. The second kappa shape index (κ2) is 8.19. The van der Waals surface area contributed by atoms with Crippen molar-refractivity contribution in [3.8, 4) is 11.5 Å². The molecule has 0 aliphatic rings. The predicted octanol–water partition coefficient (Wildman–Crippen LogP) is 2.48. The maximum absolute atomic E-state index is 12.3. The third-order valence-corrected chi connectivity index (χ3v) is 3.97. The third kappa shape index (κ3) is 4.21. The second-order valence-electron chi connectivity index (χ2n) is 5.67. The van der Waals surface area contributed by atoms with E-state index in [9.17, 15) is 14.9 Å². The number of carbonyl (C=O) groups is 1. The van der Waals surface area contributed by atoms with E-state index in [-0.39, 0.29) is 30.3 Å². The highest BCUT2D eigenvalue weighted by atomic mass is 16.6. The maximum atomic E-state index is 12.3. The first-order chi connectivity index (χ1) is 12.4. The van der Waals surface area contributed by atoms with E-state index in [0.717, 1.165) is 5.56 Å². The lowest BCUT2D eigenvalue weighted by Gasteiger charge is -2.12. The Balaban J connectivity index is 2.15. The van der Waals surface area contributed by atoms with Crippen LogP contribution in [-0.2, 0) is 6.42 Å². The van der Waals surface area contributed by atoms with Crippen LogP contribution in [0.15, 0.2) is 30.3 Å². The number of benzene rings is 2. The van der Waals surface area contributed by atoms with Crippen molar-refractivity contribution in [3.05, 3.63) is 57.1 Å². The van der Waals surface area contributed by atoms with Gasteiger partial charge < -0.3 is 20.5 Å². The van der Waals surface area contributed by atoms with Gasteiger partial charge in [-0.05, 0) is 37.1 Å². The van der Waals surface area contributed by atoms with Crippen LogP contribution in [0.25, 0.3) is 0 Å². The molecule has 1 amide bonds. The summed E-state index contributed by atoms with van der Waals surface area (Å²) in [4.78, 5) is 23.1. The van der Waals surface area contributed by atoms with Gasteiger partial charge in [-0.25, -0.2) is 0 Å². The Kier molecular flexibility index (Phi) is 6.00. The summed E-state index contributed by atoms with van der Waals surface area (Å²) in [6, 6.07) is 7.96. The molecule has 0 saturated carbocycles. The summed E-state index contributed by atoms with van der Waals surface area (Å²) in [5.74, 6) is 0.395. The van der Waals surface area contributed by atoms with Crippen molar-refractivity contribution in [2.75, 3.05) is 26.5 Å². The molecule has 0 bridgehead atoms.